The number of rotatable bonds is 2. The highest BCUT2D eigenvalue weighted by Crippen LogP contribution is 2.39. The van der Waals surface area contributed by atoms with Crippen LogP contribution in [0.3, 0.4) is 0 Å². The third kappa shape index (κ3) is 1.91. The minimum Gasteiger partial charge on any atom is -0.353 e. The number of nitrogens with zero attached hydrogens (tertiary/aromatic N) is 2. The van der Waals surface area contributed by atoms with Gasteiger partial charge >= 0.3 is 0 Å². The molecule has 0 aromatic carbocycles. The van der Waals surface area contributed by atoms with Gasteiger partial charge in [-0.3, -0.25) is 0 Å². The van der Waals surface area contributed by atoms with Crippen LogP contribution in [0.4, 0.5) is 5.82 Å². The summed E-state index contributed by atoms with van der Waals surface area (Å²) < 4.78 is 0. The number of pyridine rings is 1. The minimum absolute atomic E-state index is 0.600. The zero-order chi connectivity index (χ0) is 12.5. The highest BCUT2D eigenvalue weighted by molar-refractivity contribution is 5.52. The SMILES string of the molecule is Cc1ccnc(N2CCC3CCCCC32)c1CN. The molecule has 0 bridgehead atoms. The highest BCUT2D eigenvalue weighted by atomic mass is 15.2. The number of hydrogen-bond donors (Lipinski definition) is 1. The summed E-state index contributed by atoms with van der Waals surface area (Å²) in [5.74, 6) is 2.05. The lowest BCUT2D eigenvalue weighted by atomic mass is 9.85. The lowest BCUT2D eigenvalue weighted by Crippen LogP contribution is -2.36. The predicted molar refractivity (Wildman–Crippen MR) is 74.6 cm³/mol. The molecule has 3 nitrogen and oxygen atoms in total. The first-order valence-electron chi connectivity index (χ1n) is 7.22. The third-order valence-electron chi connectivity index (χ3n) is 4.75. The van der Waals surface area contributed by atoms with Crippen molar-refractivity contribution in [3.05, 3.63) is 23.4 Å². The van der Waals surface area contributed by atoms with E-state index in [1.54, 1.807) is 0 Å². The van der Waals surface area contributed by atoms with Crippen molar-refractivity contribution in [1.82, 2.24) is 4.98 Å². The molecular formula is C15H23N3. The van der Waals surface area contributed by atoms with Gasteiger partial charge in [0.25, 0.3) is 0 Å². The topological polar surface area (TPSA) is 42.2 Å². The first-order valence-corrected chi connectivity index (χ1v) is 7.22. The number of fused-ring (bicyclic) bond motifs is 1. The molecule has 2 unspecified atom stereocenters. The van der Waals surface area contributed by atoms with Gasteiger partial charge in [0.1, 0.15) is 5.82 Å². The lowest BCUT2D eigenvalue weighted by Gasteiger charge is -2.33. The van der Waals surface area contributed by atoms with Crippen LogP contribution in [-0.2, 0) is 6.54 Å². The van der Waals surface area contributed by atoms with Gasteiger partial charge in [-0.1, -0.05) is 12.8 Å². The van der Waals surface area contributed by atoms with Crippen LogP contribution in [0.1, 0.15) is 43.2 Å². The number of anilines is 1. The molecule has 3 heteroatoms. The first kappa shape index (κ1) is 12.0. The normalized spacial score (nSPS) is 27.3. The van der Waals surface area contributed by atoms with E-state index < -0.39 is 0 Å². The van der Waals surface area contributed by atoms with Gasteiger partial charge in [0.2, 0.25) is 0 Å². The van der Waals surface area contributed by atoms with E-state index in [2.05, 4.69) is 22.9 Å². The number of nitrogens with two attached hydrogens (primary N) is 1. The molecule has 2 aliphatic rings. The summed E-state index contributed by atoms with van der Waals surface area (Å²) in [6.45, 7) is 3.91. The van der Waals surface area contributed by atoms with E-state index in [0.29, 0.717) is 6.54 Å². The molecule has 1 aliphatic heterocycles. The summed E-state index contributed by atoms with van der Waals surface area (Å²) in [5.41, 5.74) is 8.44. The Hall–Kier alpha value is -1.09. The Labute approximate surface area is 109 Å². The lowest BCUT2D eigenvalue weighted by molar-refractivity contribution is 0.341. The van der Waals surface area contributed by atoms with Crippen molar-refractivity contribution in [2.24, 2.45) is 11.7 Å². The molecule has 18 heavy (non-hydrogen) atoms. The zero-order valence-corrected chi connectivity index (χ0v) is 11.2. The van der Waals surface area contributed by atoms with Crippen LogP contribution in [0.2, 0.25) is 0 Å². The second-order valence-electron chi connectivity index (χ2n) is 5.73. The fourth-order valence-electron chi connectivity index (χ4n) is 3.74. The predicted octanol–water partition coefficient (Wildman–Crippen LogP) is 2.62. The molecule has 1 saturated carbocycles. The monoisotopic (exact) mass is 245 g/mol. The van der Waals surface area contributed by atoms with E-state index >= 15 is 0 Å². The number of aryl methyl sites for hydroxylation is 1. The fraction of sp³-hybridized carbons (Fsp3) is 0.667. The molecule has 2 atom stereocenters. The molecule has 1 aliphatic carbocycles. The summed E-state index contributed by atoms with van der Waals surface area (Å²) in [7, 11) is 0. The van der Waals surface area contributed by atoms with Crippen molar-refractivity contribution in [2.45, 2.75) is 51.6 Å². The molecule has 1 aromatic rings. The Balaban J connectivity index is 1.93. The molecule has 3 rings (SSSR count). The smallest absolute Gasteiger partial charge is 0.133 e. The summed E-state index contributed by atoms with van der Waals surface area (Å²) in [5, 5.41) is 0. The molecule has 2 heterocycles. The maximum absolute atomic E-state index is 5.92. The quantitative estimate of drug-likeness (QED) is 0.871. The van der Waals surface area contributed by atoms with Gasteiger partial charge in [-0.15, -0.1) is 0 Å². The maximum Gasteiger partial charge on any atom is 0.133 e. The molecule has 98 valence electrons. The summed E-state index contributed by atoms with van der Waals surface area (Å²) in [6.07, 6.45) is 8.81. The van der Waals surface area contributed by atoms with Gasteiger partial charge in [0, 0.05) is 30.9 Å². The van der Waals surface area contributed by atoms with Crippen LogP contribution in [0, 0.1) is 12.8 Å². The van der Waals surface area contributed by atoms with Crippen molar-refractivity contribution < 1.29 is 0 Å². The molecule has 1 saturated heterocycles. The molecule has 2 N–H and O–H groups in total. The van der Waals surface area contributed by atoms with E-state index in [4.69, 9.17) is 5.73 Å². The van der Waals surface area contributed by atoms with Crippen molar-refractivity contribution >= 4 is 5.82 Å². The van der Waals surface area contributed by atoms with Gasteiger partial charge < -0.3 is 10.6 Å². The Bertz CT molecular complexity index is 430. The van der Waals surface area contributed by atoms with Crippen molar-refractivity contribution in [3.8, 4) is 0 Å². The van der Waals surface area contributed by atoms with Gasteiger partial charge in [-0.25, -0.2) is 4.98 Å². The average Bonchev–Trinajstić information content (AvgIpc) is 2.82. The molecular weight excluding hydrogens is 222 g/mol. The van der Waals surface area contributed by atoms with E-state index in [1.807, 2.05) is 6.20 Å². The van der Waals surface area contributed by atoms with Crippen molar-refractivity contribution in [1.29, 1.82) is 0 Å². The minimum atomic E-state index is 0.600. The van der Waals surface area contributed by atoms with Gasteiger partial charge in [-0.2, -0.15) is 0 Å². The van der Waals surface area contributed by atoms with Crippen LogP contribution in [0.25, 0.3) is 0 Å². The van der Waals surface area contributed by atoms with Crippen molar-refractivity contribution in [3.63, 3.8) is 0 Å². The fourth-order valence-corrected chi connectivity index (χ4v) is 3.74. The highest BCUT2D eigenvalue weighted by Gasteiger charge is 2.37. The Morgan fingerprint density at radius 1 is 1.33 bits per heavy atom. The van der Waals surface area contributed by atoms with Crippen molar-refractivity contribution in [2.75, 3.05) is 11.4 Å². The molecule has 0 radical (unpaired) electrons. The van der Waals surface area contributed by atoms with Crippen LogP contribution < -0.4 is 10.6 Å². The molecule has 2 fully saturated rings. The third-order valence-corrected chi connectivity index (χ3v) is 4.75. The van der Waals surface area contributed by atoms with E-state index in [9.17, 15) is 0 Å². The Morgan fingerprint density at radius 2 is 2.17 bits per heavy atom. The van der Waals surface area contributed by atoms with Gasteiger partial charge in [0.15, 0.2) is 0 Å². The van der Waals surface area contributed by atoms with Crippen LogP contribution in [-0.4, -0.2) is 17.6 Å². The molecule has 0 spiro atoms. The van der Waals surface area contributed by atoms with Crippen LogP contribution in [0.15, 0.2) is 12.3 Å². The first-order chi connectivity index (χ1) is 8.81. The van der Waals surface area contributed by atoms with Crippen LogP contribution in [0.5, 0.6) is 0 Å². The van der Waals surface area contributed by atoms with E-state index in [-0.39, 0.29) is 0 Å². The summed E-state index contributed by atoms with van der Waals surface area (Å²) >= 11 is 0. The summed E-state index contributed by atoms with van der Waals surface area (Å²) in [6, 6.07) is 2.79. The van der Waals surface area contributed by atoms with E-state index in [0.717, 1.165) is 17.8 Å². The number of hydrogen-bond acceptors (Lipinski definition) is 3. The number of aromatic nitrogens is 1. The Kier molecular flexibility index (Phi) is 3.25. The maximum atomic E-state index is 5.92. The zero-order valence-electron chi connectivity index (χ0n) is 11.2. The second kappa shape index (κ2) is 4.88. The second-order valence-corrected chi connectivity index (χ2v) is 5.73. The van der Waals surface area contributed by atoms with Gasteiger partial charge in [0.05, 0.1) is 0 Å². The average molecular weight is 245 g/mol. The molecule has 1 aromatic heterocycles. The Morgan fingerprint density at radius 3 is 3.00 bits per heavy atom. The van der Waals surface area contributed by atoms with E-state index in [1.165, 1.54) is 49.8 Å². The standard InChI is InChI=1S/C15H23N3/c1-11-6-8-17-15(13(11)10-16)18-9-7-12-4-2-3-5-14(12)18/h6,8,12,14H,2-5,7,9-10,16H2,1H3. The summed E-state index contributed by atoms with van der Waals surface area (Å²) in [4.78, 5) is 7.17. The molecule has 0 amide bonds. The van der Waals surface area contributed by atoms with Gasteiger partial charge in [-0.05, 0) is 43.7 Å². The largest absolute Gasteiger partial charge is 0.353 e. The van der Waals surface area contributed by atoms with Crippen LogP contribution >= 0.6 is 0 Å².